The molecule has 0 unspecified atom stereocenters. The number of hydrogen-bond acceptors (Lipinski definition) is 3. The van der Waals surface area contributed by atoms with Crippen molar-refractivity contribution in [3.63, 3.8) is 0 Å². The van der Waals surface area contributed by atoms with E-state index in [1.807, 2.05) is 0 Å². The number of carbonyl (C=O) groups is 1. The van der Waals surface area contributed by atoms with Crippen LogP contribution in [0.2, 0.25) is 10.0 Å². The van der Waals surface area contributed by atoms with Crippen molar-refractivity contribution in [1.29, 1.82) is 0 Å². The molecule has 2 atom stereocenters. The van der Waals surface area contributed by atoms with Crippen LogP contribution < -0.4 is 10.1 Å². The van der Waals surface area contributed by atoms with Crippen LogP contribution in [-0.4, -0.2) is 43.1 Å². The Balaban J connectivity index is 1.86. The molecule has 0 spiro atoms. The van der Waals surface area contributed by atoms with Crippen molar-refractivity contribution in [2.45, 2.75) is 31.9 Å². The zero-order valence-electron chi connectivity index (χ0n) is 12.2. The topological polar surface area (TPSA) is 41.6 Å². The van der Waals surface area contributed by atoms with E-state index in [9.17, 15) is 4.79 Å². The van der Waals surface area contributed by atoms with Gasteiger partial charge in [0.1, 0.15) is 10.8 Å². The van der Waals surface area contributed by atoms with Crippen molar-refractivity contribution in [2.75, 3.05) is 20.1 Å². The molecule has 21 heavy (non-hydrogen) atoms. The molecule has 6 heteroatoms. The number of likely N-dealkylation sites (tertiary alicyclic amines) is 1. The maximum Gasteiger partial charge on any atom is 0.260 e. The second-order valence-corrected chi connectivity index (χ2v) is 6.12. The Hall–Kier alpha value is -0.970. The highest BCUT2D eigenvalue weighted by Gasteiger charge is 2.23. The van der Waals surface area contributed by atoms with Crippen molar-refractivity contribution < 1.29 is 9.53 Å². The van der Waals surface area contributed by atoms with Gasteiger partial charge in [0.05, 0.1) is 5.02 Å². The minimum Gasteiger partial charge on any atom is -0.479 e. The molecule has 2 rings (SSSR count). The first-order valence-corrected chi connectivity index (χ1v) is 7.83. The molecule has 0 aliphatic carbocycles. The van der Waals surface area contributed by atoms with Crippen LogP contribution in [0.3, 0.4) is 0 Å². The van der Waals surface area contributed by atoms with Crippen molar-refractivity contribution in [2.24, 2.45) is 0 Å². The predicted molar refractivity (Wildman–Crippen MR) is 85.2 cm³/mol. The molecule has 0 bridgehead atoms. The van der Waals surface area contributed by atoms with Crippen molar-refractivity contribution in [3.05, 3.63) is 28.2 Å². The molecule has 1 amide bonds. The molecule has 0 aromatic heterocycles. The van der Waals surface area contributed by atoms with Gasteiger partial charge in [0.25, 0.3) is 5.91 Å². The lowest BCUT2D eigenvalue weighted by atomic mass is 10.2. The molecular formula is C15H20Cl2N2O2. The molecule has 116 valence electrons. The van der Waals surface area contributed by atoms with Gasteiger partial charge in [0, 0.05) is 12.6 Å². The predicted octanol–water partition coefficient (Wildman–Crippen LogP) is 2.97. The van der Waals surface area contributed by atoms with Crippen LogP contribution in [-0.2, 0) is 4.79 Å². The molecule has 0 radical (unpaired) electrons. The zero-order chi connectivity index (χ0) is 15.4. The monoisotopic (exact) mass is 330 g/mol. The molecule has 4 nitrogen and oxygen atoms in total. The van der Waals surface area contributed by atoms with E-state index < -0.39 is 6.10 Å². The Morgan fingerprint density at radius 1 is 1.52 bits per heavy atom. The number of ether oxygens (including phenoxy) is 1. The van der Waals surface area contributed by atoms with E-state index in [2.05, 4.69) is 17.3 Å². The van der Waals surface area contributed by atoms with E-state index in [0.29, 0.717) is 28.4 Å². The summed E-state index contributed by atoms with van der Waals surface area (Å²) >= 11 is 12.0. The number of halogens is 2. The lowest BCUT2D eigenvalue weighted by molar-refractivity contribution is -0.127. The summed E-state index contributed by atoms with van der Waals surface area (Å²) in [5.74, 6) is 0.274. The highest BCUT2D eigenvalue weighted by atomic mass is 35.5. The summed E-state index contributed by atoms with van der Waals surface area (Å²) in [6.45, 7) is 3.43. The second-order valence-electron chi connectivity index (χ2n) is 5.33. The molecule has 1 aliphatic rings. The Labute approximate surface area is 135 Å². The lowest BCUT2D eigenvalue weighted by Gasteiger charge is -2.21. The molecule has 1 aromatic carbocycles. The second kappa shape index (κ2) is 7.34. The van der Waals surface area contributed by atoms with Crippen LogP contribution in [0.25, 0.3) is 0 Å². The van der Waals surface area contributed by atoms with E-state index in [-0.39, 0.29) is 5.91 Å². The van der Waals surface area contributed by atoms with E-state index >= 15 is 0 Å². The quantitative estimate of drug-likeness (QED) is 0.902. The fourth-order valence-corrected chi connectivity index (χ4v) is 2.75. The molecule has 1 saturated heterocycles. The summed E-state index contributed by atoms with van der Waals surface area (Å²) in [6.07, 6.45) is 1.68. The SMILES string of the molecule is C[C@H](Oc1cccc(Cl)c1Cl)C(=O)NC[C@H]1CCCN1C. The molecular weight excluding hydrogens is 311 g/mol. The van der Waals surface area contributed by atoms with Crippen LogP contribution in [0.1, 0.15) is 19.8 Å². The number of nitrogens with zero attached hydrogens (tertiary/aromatic N) is 1. The molecule has 1 aromatic rings. The summed E-state index contributed by atoms with van der Waals surface area (Å²) in [5.41, 5.74) is 0. The third kappa shape index (κ3) is 4.25. The van der Waals surface area contributed by atoms with Crippen LogP contribution in [0.5, 0.6) is 5.75 Å². The normalized spacial score (nSPS) is 20.3. The van der Waals surface area contributed by atoms with Gasteiger partial charge < -0.3 is 15.0 Å². The fraction of sp³-hybridized carbons (Fsp3) is 0.533. The number of nitrogens with one attached hydrogen (secondary N) is 1. The summed E-state index contributed by atoms with van der Waals surface area (Å²) in [7, 11) is 2.08. The summed E-state index contributed by atoms with van der Waals surface area (Å²) < 4.78 is 5.59. The van der Waals surface area contributed by atoms with E-state index in [0.717, 1.165) is 13.0 Å². The Morgan fingerprint density at radius 3 is 2.95 bits per heavy atom. The number of likely N-dealkylation sites (N-methyl/N-ethyl adjacent to an activating group) is 1. The van der Waals surface area contributed by atoms with E-state index in [1.54, 1.807) is 25.1 Å². The lowest BCUT2D eigenvalue weighted by Crippen LogP contribution is -2.43. The van der Waals surface area contributed by atoms with Crippen molar-refractivity contribution in [1.82, 2.24) is 10.2 Å². The summed E-state index contributed by atoms with van der Waals surface area (Å²) in [5, 5.41) is 3.67. The Kier molecular flexibility index (Phi) is 5.73. The minimum absolute atomic E-state index is 0.147. The first-order chi connectivity index (χ1) is 9.99. The van der Waals surface area contributed by atoms with Gasteiger partial charge >= 0.3 is 0 Å². The van der Waals surface area contributed by atoms with Crippen LogP contribution in [0.4, 0.5) is 0 Å². The van der Waals surface area contributed by atoms with Gasteiger partial charge in [-0.2, -0.15) is 0 Å². The number of hydrogen-bond donors (Lipinski definition) is 1. The van der Waals surface area contributed by atoms with Crippen LogP contribution >= 0.6 is 23.2 Å². The van der Waals surface area contributed by atoms with E-state index in [1.165, 1.54) is 6.42 Å². The number of amides is 1. The van der Waals surface area contributed by atoms with Crippen molar-refractivity contribution >= 4 is 29.1 Å². The number of rotatable bonds is 5. The Bertz CT molecular complexity index is 510. The molecule has 1 aliphatic heterocycles. The number of carbonyl (C=O) groups excluding carboxylic acids is 1. The maximum absolute atomic E-state index is 12.1. The van der Waals surface area contributed by atoms with Crippen LogP contribution in [0.15, 0.2) is 18.2 Å². The summed E-state index contributed by atoms with van der Waals surface area (Å²) in [6, 6.07) is 5.53. The van der Waals surface area contributed by atoms with Gasteiger partial charge in [-0.25, -0.2) is 0 Å². The maximum atomic E-state index is 12.1. The average Bonchev–Trinajstić information content (AvgIpc) is 2.86. The Morgan fingerprint density at radius 2 is 2.29 bits per heavy atom. The molecule has 1 N–H and O–H groups in total. The van der Waals surface area contributed by atoms with Gasteiger partial charge in [0.2, 0.25) is 0 Å². The first kappa shape index (κ1) is 16.4. The van der Waals surface area contributed by atoms with Gasteiger partial charge in [-0.1, -0.05) is 29.3 Å². The van der Waals surface area contributed by atoms with E-state index in [4.69, 9.17) is 27.9 Å². The highest BCUT2D eigenvalue weighted by molar-refractivity contribution is 6.42. The van der Waals surface area contributed by atoms with Crippen LogP contribution in [0, 0.1) is 0 Å². The molecule has 1 fully saturated rings. The minimum atomic E-state index is -0.618. The standard InChI is InChI=1S/C15H20Cl2N2O2/c1-10(21-13-7-3-6-12(16)14(13)17)15(20)18-9-11-5-4-8-19(11)2/h3,6-7,10-11H,4-5,8-9H2,1-2H3,(H,18,20)/t10-,11+/m0/s1. The van der Waals surface area contributed by atoms with Gasteiger partial charge in [-0.3, -0.25) is 4.79 Å². The van der Waals surface area contributed by atoms with Crippen molar-refractivity contribution in [3.8, 4) is 5.75 Å². The third-order valence-electron chi connectivity index (χ3n) is 3.77. The first-order valence-electron chi connectivity index (χ1n) is 7.07. The number of benzene rings is 1. The largest absolute Gasteiger partial charge is 0.479 e. The van der Waals surface area contributed by atoms with Gasteiger partial charge in [-0.15, -0.1) is 0 Å². The van der Waals surface area contributed by atoms with Gasteiger partial charge in [-0.05, 0) is 45.5 Å². The zero-order valence-corrected chi connectivity index (χ0v) is 13.7. The third-order valence-corrected chi connectivity index (χ3v) is 4.57. The highest BCUT2D eigenvalue weighted by Crippen LogP contribution is 2.32. The summed E-state index contributed by atoms with van der Waals surface area (Å²) in [4.78, 5) is 14.3. The average molecular weight is 331 g/mol. The smallest absolute Gasteiger partial charge is 0.260 e. The fourth-order valence-electron chi connectivity index (χ4n) is 2.42. The molecule has 0 saturated carbocycles. The molecule has 1 heterocycles. The van der Waals surface area contributed by atoms with Gasteiger partial charge in [0.15, 0.2) is 6.10 Å².